The Balaban J connectivity index is 1.84. The first-order valence-electron chi connectivity index (χ1n) is 9.16. The number of hydrogen-bond acceptors (Lipinski definition) is 2. The largest absolute Gasteiger partial charge is 0.481 e. The lowest BCUT2D eigenvalue weighted by Gasteiger charge is -2.15. The molecule has 0 heterocycles. The number of hydrogen-bond donors (Lipinski definition) is 1. The van der Waals surface area contributed by atoms with Crippen LogP contribution < -0.4 is 0 Å². The van der Waals surface area contributed by atoms with Crippen LogP contribution in [-0.4, -0.2) is 16.9 Å². The summed E-state index contributed by atoms with van der Waals surface area (Å²) in [7, 11) is 0. The van der Waals surface area contributed by atoms with Crippen LogP contribution in [0.3, 0.4) is 0 Å². The third kappa shape index (κ3) is 6.11. The van der Waals surface area contributed by atoms with Crippen molar-refractivity contribution in [2.45, 2.75) is 58.3 Å². The molecule has 0 spiro atoms. The van der Waals surface area contributed by atoms with Gasteiger partial charge in [-0.25, -0.2) is 4.39 Å². The highest BCUT2D eigenvalue weighted by Gasteiger charge is 2.32. The first kappa shape index (κ1) is 19.4. The van der Waals surface area contributed by atoms with Crippen LogP contribution in [0.25, 0.3) is 6.08 Å². The molecule has 1 fully saturated rings. The van der Waals surface area contributed by atoms with E-state index < -0.39 is 5.97 Å². The van der Waals surface area contributed by atoms with E-state index >= 15 is 0 Å². The molecular weight excluding hydrogens is 319 g/mol. The smallest absolute Gasteiger partial charge is 0.303 e. The summed E-state index contributed by atoms with van der Waals surface area (Å²) in [4.78, 5) is 22.6. The van der Waals surface area contributed by atoms with Crippen molar-refractivity contribution >= 4 is 17.8 Å². The van der Waals surface area contributed by atoms with E-state index in [1.165, 1.54) is 12.1 Å². The normalized spacial score (nSPS) is 20.5. The molecule has 4 heteroatoms. The van der Waals surface area contributed by atoms with Crippen LogP contribution >= 0.6 is 0 Å². The Kier molecular flexibility index (Phi) is 7.35. The molecule has 0 saturated heterocycles. The fourth-order valence-electron chi connectivity index (χ4n) is 3.59. The summed E-state index contributed by atoms with van der Waals surface area (Å²) >= 11 is 0. The molecule has 25 heavy (non-hydrogen) atoms. The topological polar surface area (TPSA) is 54.4 Å². The molecule has 136 valence electrons. The van der Waals surface area contributed by atoms with E-state index in [2.05, 4.69) is 6.08 Å². The molecule has 2 rings (SSSR count). The molecule has 2 unspecified atom stereocenters. The van der Waals surface area contributed by atoms with Gasteiger partial charge in [0.2, 0.25) is 0 Å². The summed E-state index contributed by atoms with van der Waals surface area (Å²) in [5.74, 6) is -0.290. The van der Waals surface area contributed by atoms with E-state index in [4.69, 9.17) is 5.11 Å². The van der Waals surface area contributed by atoms with Crippen molar-refractivity contribution in [2.75, 3.05) is 0 Å². The fourth-order valence-corrected chi connectivity index (χ4v) is 3.59. The standard InChI is InChI=1S/C21H27FO3/c1-15-14-18(22)12-10-16(15)8-9-17-11-13-20(23)19(17)6-4-2-3-5-7-21(24)25/h8-10,12,14,17,19H,2-7,11,13H2,1H3,(H,24,25). The van der Waals surface area contributed by atoms with E-state index in [9.17, 15) is 14.0 Å². The molecule has 2 atom stereocenters. The van der Waals surface area contributed by atoms with Crippen molar-refractivity contribution in [1.82, 2.24) is 0 Å². The second-order valence-corrected chi connectivity index (χ2v) is 6.98. The van der Waals surface area contributed by atoms with E-state index in [0.717, 1.165) is 43.2 Å². The zero-order chi connectivity index (χ0) is 18.2. The van der Waals surface area contributed by atoms with Gasteiger partial charge in [-0.15, -0.1) is 0 Å². The zero-order valence-corrected chi connectivity index (χ0v) is 14.8. The number of carbonyl (C=O) groups is 2. The second-order valence-electron chi connectivity index (χ2n) is 6.98. The SMILES string of the molecule is Cc1cc(F)ccc1C=CC1CCC(=O)C1CCCCCCC(=O)O. The highest BCUT2D eigenvalue weighted by atomic mass is 19.1. The van der Waals surface area contributed by atoms with Gasteiger partial charge in [0.1, 0.15) is 11.6 Å². The Hall–Kier alpha value is -1.97. The van der Waals surface area contributed by atoms with Crippen molar-refractivity contribution in [3.8, 4) is 0 Å². The minimum Gasteiger partial charge on any atom is -0.481 e. The van der Waals surface area contributed by atoms with Crippen molar-refractivity contribution in [3.05, 3.63) is 41.2 Å². The van der Waals surface area contributed by atoms with Gasteiger partial charge in [0.05, 0.1) is 0 Å². The first-order chi connectivity index (χ1) is 12.0. The number of ketones is 1. The quantitative estimate of drug-likeness (QED) is 0.628. The molecule has 1 N–H and O–H groups in total. The Bertz CT molecular complexity index is 636. The number of benzene rings is 1. The van der Waals surface area contributed by atoms with Gasteiger partial charge in [-0.1, -0.05) is 37.5 Å². The van der Waals surface area contributed by atoms with Crippen molar-refractivity contribution < 1.29 is 19.1 Å². The van der Waals surface area contributed by atoms with Crippen LogP contribution in [0.5, 0.6) is 0 Å². The zero-order valence-electron chi connectivity index (χ0n) is 14.8. The highest BCUT2D eigenvalue weighted by molar-refractivity contribution is 5.84. The number of unbranched alkanes of at least 4 members (excludes halogenated alkanes) is 3. The number of aliphatic carboxylic acids is 1. The van der Waals surface area contributed by atoms with Gasteiger partial charge in [-0.05, 0) is 55.4 Å². The summed E-state index contributed by atoms with van der Waals surface area (Å²) in [6.45, 7) is 1.89. The van der Waals surface area contributed by atoms with Gasteiger partial charge in [0, 0.05) is 18.8 Å². The summed E-state index contributed by atoms with van der Waals surface area (Å²) in [6, 6.07) is 4.75. The number of allylic oxidation sites excluding steroid dienone is 1. The molecule has 3 nitrogen and oxygen atoms in total. The lowest BCUT2D eigenvalue weighted by molar-refractivity contribution is -0.137. The third-order valence-electron chi connectivity index (χ3n) is 5.07. The maximum Gasteiger partial charge on any atom is 0.303 e. The van der Waals surface area contributed by atoms with E-state index in [-0.39, 0.29) is 24.1 Å². The van der Waals surface area contributed by atoms with Crippen LogP contribution in [0, 0.1) is 24.6 Å². The molecule has 0 radical (unpaired) electrons. The van der Waals surface area contributed by atoms with Gasteiger partial charge in [-0.2, -0.15) is 0 Å². The molecule has 0 bridgehead atoms. The molecule has 1 saturated carbocycles. The molecule has 0 aliphatic heterocycles. The van der Waals surface area contributed by atoms with Gasteiger partial charge in [-0.3, -0.25) is 9.59 Å². The van der Waals surface area contributed by atoms with Crippen molar-refractivity contribution in [1.29, 1.82) is 0 Å². The van der Waals surface area contributed by atoms with Crippen LogP contribution in [0.2, 0.25) is 0 Å². The molecule has 1 aromatic rings. The number of Topliss-reactive ketones (excluding diaryl/α,β-unsaturated/α-hetero) is 1. The minimum atomic E-state index is -0.743. The molecule has 0 amide bonds. The molecule has 1 aliphatic carbocycles. The lowest BCUT2D eigenvalue weighted by atomic mass is 9.89. The molecular formula is C21H27FO3. The van der Waals surface area contributed by atoms with Crippen LogP contribution in [-0.2, 0) is 9.59 Å². The number of aryl methyl sites for hydroxylation is 1. The number of carboxylic acids is 1. The summed E-state index contributed by atoms with van der Waals surface area (Å²) in [5, 5.41) is 8.63. The molecule has 0 aromatic heterocycles. The number of halogens is 1. The monoisotopic (exact) mass is 346 g/mol. The van der Waals surface area contributed by atoms with Crippen LogP contribution in [0.15, 0.2) is 24.3 Å². The van der Waals surface area contributed by atoms with E-state index in [1.807, 2.05) is 13.0 Å². The minimum absolute atomic E-state index is 0.0801. The second kappa shape index (κ2) is 9.50. The van der Waals surface area contributed by atoms with Gasteiger partial charge in [0.15, 0.2) is 0 Å². The summed E-state index contributed by atoms with van der Waals surface area (Å²) in [6.07, 6.45) is 10.3. The molecule has 1 aromatic carbocycles. The van der Waals surface area contributed by atoms with Crippen molar-refractivity contribution in [3.63, 3.8) is 0 Å². The Labute approximate surface area is 148 Å². The van der Waals surface area contributed by atoms with Gasteiger partial charge in [0.25, 0.3) is 0 Å². The van der Waals surface area contributed by atoms with E-state index in [0.29, 0.717) is 18.6 Å². The maximum absolute atomic E-state index is 13.2. The number of rotatable bonds is 9. The summed E-state index contributed by atoms with van der Waals surface area (Å²) < 4.78 is 13.2. The summed E-state index contributed by atoms with van der Waals surface area (Å²) in [5.41, 5.74) is 1.89. The fraction of sp³-hybridized carbons (Fsp3) is 0.524. The number of carbonyl (C=O) groups excluding carboxylic acids is 1. The maximum atomic E-state index is 13.2. The van der Waals surface area contributed by atoms with Gasteiger partial charge < -0.3 is 5.11 Å². The van der Waals surface area contributed by atoms with Crippen molar-refractivity contribution in [2.24, 2.45) is 11.8 Å². The predicted octanol–water partition coefficient (Wildman–Crippen LogP) is 5.17. The average molecular weight is 346 g/mol. The lowest BCUT2D eigenvalue weighted by Crippen LogP contribution is -2.13. The Morgan fingerprint density at radius 3 is 2.76 bits per heavy atom. The van der Waals surface area contributed by atoms with Crippen LogP contribution in [0.1, 0.15) is 62.5 Å². The highest BCUT2D eigenvalue weighted by Crippen LogP contribution is 2.34. The third-order valence-corrected chi connectivity index (χ3v) is 5.07. The Morgan fingerprint density at radius 1 is 1.28 bits per heavy atom. The number of carboxylic acid groups (broad SMARTS) is 1. The average Bonchev–Trinajstić information content (AvgIpc) is 2.90. The Morgan fingerprint density at radius 2 is 2.04 bits per heavy atom. The van der Waals surface area contributed by atoms with Crippen LogP contribution in [0.4, 0.5) is 4.39 Å². The predicted molar refractivity (Wildman–Crippen MR) is 96.7 cm³/mol. The first-order valence-corrected chi connectivity index (χ1v) is 9.16. The van der Waals surface area contributed by atoms with Gasteiger partial charge >= 0.3 is 5.97 Å². The molecule has 1 aliphatic rings. The van der Waals surface area contributed by atoms with E-state index in [1.54, 1.807) is 6.07 Å².